The van der Waals surface area contributed by atoms with Gasteiger partial charge in [0.25, 0.3) is 0 Å². The Kier molecular flexibility index (Phi) is 6.65. The summed E-state index contributed by atoms with van der Waals surface area (Å²) in [4.78, 5) is 11.7. The average Bonchev–Trinajstić information content (AvgIpc) is 2.28. The average molecular weight is 303 g/mol. The number of hydrogen-bond acceptors (Lipinski definition) is 4. The Balaban J connectivity index is 2.32. The van der Waals surface area contributed by atoms with E-state index in [1.165, 1.54) is 0 Å². The molecule has 6 heteroatoms. The van der Waals surface area contributed by atoms with Crippen molar-refractivity contribution in [1.29, 1.82) is 0 Å². The molecule has 0 fully saturated rings. The van der Waals surface area contributed by atoms with Gasteiger partial charge in [-0.3, -0.25) is 4.79 Å². The molecule has 106 valence electrons. The van der Waals surface area contributed by atoms with Gasteiger partial charge < -0.3 is 15.7 Å². The Bertz CT molecular complexity index is 427. The van der Waals surface area contributed by atoms with Crippen molar-refractivity contribution in [3.63, 3.8) is 0 Å². The summed E-state index contributed by atoms with van der Waals surface area (Å²) < 4.78 is 0. The minimum Gasteiger partial charge on any atom is -0.388 e. The summed E-state index contributed by atoms with van der Waals surface area (Å²) >= 11 is 7.39. The van der Waals surface area contributed by atoms with Gasteiger partial charge in [0.2, 0.25) is 5.91 Å². The zero-order valence-corrected chi connectivity index (χ0v) is 12.6. The normalized spacial score (nSPS) is 13.9. The number of carbonyl (C=O) groups excluding carboxylic acids is 1. The van der Waals surface area contributed by atoms with E-state index in [1.54, 1.807) is 43.0 Å². The first-order valence-electron chi connectivity index (χ1n) is 5.90. The van der Waals surface area contributed by atoms with Crippen LogP contribution in [-0.4, -0.2) is 41.7 Å². The number of aliphatic hydroxyl groups is 1. The molecule has 0 heterocycles. The van der Waals surface area contributed by atoms with Gasteiger partial charge in [-0.25, -0.2) is 0 Å². The van der Waals surface area contributed by atoms with Crippen LogP contribution >= 0.6 is 23.4 Å². The third-order valence-corrected chi connectivity index (χ3v) is 3.50. The highest BCUT2D eigenvalue weighted by molar-refractivity contribution is 7.98. The highest BCUT2D eigenvalue weighted by Crippen LogP contribution is 2.14. The van der Waals surface area contributed by atoms with Crippen LogP contribution in [0.2, 0.25) is 5.02 Å². The van der Waals surface area contributed by atoms with E-state index in [4.69, 9.17) is 11.6 Å². The molecular formula is C13H19ClN2O2S. The van der Waals surface area contributed by atoms with Gasteiger partial charge in [-0.1, -0.05) is 17.7 Å². The van der Waals surface area contributed by atoms with Crippen molar-refractivity contribution < 1.29 is 9.90 Å². The van der Waals surface area contributed by atoms with Crippen LogP contribution in [-0.2, 0) is 4.79 Å². The molecule has 1 amide bonds. The second-order valence-corrected chi connectivity index (χ2v) is 5.89. The summed E-state index contributed by atoms with van der Waals surface area (Å²) in [6, 6.07) is 6.97. The van der Waals surface area contributed by atoms with Gasteiger partial charge in [0.1, 0.15) is 0 Å². The van der Waals surface area contributed by atoms with Gasteiger partial charge in [-0.15, -0.1) is 0 Å². The third kappa shape index (κ3) is 6.82. The zero-order chi connectivity index (χ0) is 14.3. The topological polar surface area (TPSA) is 61.4 Å². The van der Waals surface area contributed by atoms with Gasteiger partial charge in [-0.2, -0.15) is 11.8 Å². The lowest BCUT2D eigenvalue weighted by Gasteiger charge is -2.22. The van der Waals surface area contributed by atoms with E-state index in [-0.39, 0.29) is 12.5 Å². The molecule has 0 spiro atoms. The SMILES string of the molecule is CSCC(C)(O)CNCC(=O)Nc1cccc(Cl)c1. The molecule has 0 saturated heterocycles. The summed E-state index contributed by atoms with van der Waals surface area (Å²) in [6.45, 7) is 2.26. The van der Waals surface area contributed by atoms with E-state index in [0.717, 1.165) is 0 Å². The molecule has 0 aliphatic carbocycles. The minimum atomic E-state index is -0.810. The predicted octanol–water partition coefficient (Wildman–Crippen LogP) is 1.98. The van der Waals surface area contributed by atoms with E-state index in [2.05, 4.69) is 10.6 Å². The van der Waals surface area contributed by atoms with Crippen LogP contribution in [0.3, 0.4) is 0 Å². The molecule has 1 aromatic carbocycles. The van der Waals surface area contributed by atoms with Gasteiger partial charge in [0.05, 0.1) is 12.1 Å². The number of anilines is 1. The van der Waals surface area contributed by atoms with Crippen molar-refractivity contribution in [2.24, 2.45) is 0 Å². The standard InChI is InChI=1S/C13H19ClN2O2S/c1-13(18,9-19-2)8-15-7-12(17)16-11-5-3-4-10(14)6-11/h3-6,15,18H,7-9H2,1-2H3,(H,16,17). The van der Waals surface area contributed by atoms with E-state index in [0.29, 0.717) is 23.0 Å². The summed E-state index contributed by atoms with van der Waals surface area (Å²) in [7, 11) is 0. The maximum Gasteiger partial charge on any atom is 0.238 e. The Labute approximate surface area is 122 Å². The van der Waals surface area contributed by atoms with Crippen LogP contribution in [0.4, 0.5) is 5.69 Å². The number of halogens is 1. The Hall–Kier alpha value is -0.750. The molecular weight excluding hydrogens is 284 g/mol. The van der Waals surface area contributed by atoms with Crippen molar-refractivity contribution in [2.75, 3.05) is 30.4 Å². The Morgan fingerprint density at radius 3 is 2.89 bits per heavy atom. The lowest BCUT2D eigenvalue weighted by atomic mass is 10.1. The maximum atomic E-state index is 11.7. The fourth-order valence-electron chi connectivity index (χ4n) is 1.58. The largest absolute Gasteiger partial charge is 0.388 e. The molecule has 0 bridgehead atoms. The minimum absolute atomic E-state index is 0.150. The molecule has 0 aliphatic rings. The van der Waals surface area contributed by atoms with E-state index in [1.807, 2.05) is 6.26 Å². The molecule has 1 rings (SSSR count). The van der Waals surface area contributed by atoms with Gasteiger partial charge in [0.15, 0.2) is 0 Å². The van der Waals surface area contributed by atoms with Crippen molar-refractivity contribution in [2.45, 2.75) is 12.5 Å². The van der Waals surface area contributed by atoms with Crippen molar-refractivity contribution in [1.82, 2.24) is 5.32 Å². The third-order valence-electron chi connectivity index (χ3n) is 2.36. The van der Waals surface area contributed by atoms with E-state index < -0.39 is 5.60 Å². The van der Waals surface area contributed by atoms with Crippen molar-refractivity contribution in [3.05, 3.63) is 29.3 Å². The van der Waals surface area contributed by atoms with E-state index >= 15 is 0 Å². The second-order valence-electron chi connectivity index (χ2n) is 4.59. The Morgan fingerprint density at radius 1 is 1.53 bits per heavy atom. The smallest absolute Gasteiger partial charge is 0.238 e. The monoisotopic (exact) mass is 302 g/mol. The van der Waals surface area contributed by atoms with Gasteiger partial charge in [0, 0.05) is 23.0 Å². The zero-order valence-electron chi connectivity index (χ0n) is 11.1. The lowest BCUT2D eigenvalue weighted by molar-refractivity contribution is -0.115. The Morgan fingerprint density at radius 2 is 2.26 bits per heavy atom. The molecule has 3 N–H and O–H groups in total. The van der Waals surface area contributed by atoms with Crippen LogP contribution in [0.5, 0.6) is 0 Å². The summed E-state index contributed by atoms with van der Waals surface area (Å²) in [5.74, 6) is 0.456. The molecule has 1 aromatic rings. The lowest BCUT2D eigenvalue weighted by Crippen LogP contribution is -2.42. The fraction of sp³-hybridized carbons (Fsp3) is 0.462. The molecule has 4 nitrogen and oxygen atoms in total. The van der Waals surface area contributed by atoms with E-state index in [9.17, 15) is 9.90 Å². The number of thioether (sulfide) groups is 1. The van der Waals surface area contributed by atoms with Crippen molar-refractivity contribution in [3.8, 4) is 0 Å². The van der Waals surface area contributed by atoms with Crippen LogP contribution in [0.15, 0.2) is 24.3 Å². The highest BCUT2D eigenvalue weighted by Gasteiger charge is 2.19. The maximum absolute atomic E-state index is 11.7. The summed E-state index contributed by atoms with van der Waals surface area (Å²) in [6.07, 6.45) is 1.93. The van der Waals surface area contributed by atoms with Crippen LogP contribution in [0.25, 0.3) is 0 Å². The highest BCUT2D eigenvalue weighted by atomic mass is 35.5. The second kappa shape index (κ2) is 7.75. The van der Waals surface area contributed by atoms with Crippen molar-refractivity contribution >= 4 is 35.0 Å². The first-order valence-corrected chi connectivity index (χ1v) is 7.67. The van der Waals surface area contributed by atoms with Gasteiger partial charge >= 0.3 is 0 Å². The van der Waals surface area contributed by atoms with Gasteiger partial charge in [-0.05, 0) is 31.4 Å². The van der Waals surface area contributed by atoms with Crippen LogP contribution in [0.1, 0.15) is 6.92 Å². The molecule has 19 heavy (non-hydrogen) atoms. The summed E-state index contributed by atoms with van der Waals surface area (Å²) in [5.41, 5.74) is -0.148. The number of benzene rings is 1. The summed E-state index contributed by atoms with van der Waals surface area (Å²) in [5, 5.41) is 16.2. The number of rotatable bonds is 7. The van der Waals surface area contributed by atoms with Crippen LogP contribution < -0.4 is 10.6 Å². The number of hydrogen-bond donors (Lipinski definition) is 3. The molecule has 0 radical (unpaired) electrons. The first-order chi connectivity index (χ1) is 8.93. The molecule has 1 atom stereocenters. The molecule has 1 unspecified atom stereocenters. The predicted molar refractivity (Wildman–Crippen MR) is 82.0 cm³/mol. The quantitative estimate of drug-likeness (QED) is 0.721. The molecule has 0 aliphatic heterocycles. The molecule has 0 saturated carbocycles. The number of nitrogens with one attached hydrogen (secondary N) is 2. The fourth-order valence-corrected chi connectivity index (χ4v) is 2.49. The number of carbonyl (C=O) groups is 1. The van der Waals surface area contributed by atoms with Crippen LogP contribution in [0, 0.1) is 0 Å². The molecule has 0 aromatic heterocycles. The first kappa shape index (κ1) is 16.3. The number of amides is 1.